The number of hydrogen-bond donors (Lipinski definition) is 0. The molecule has 0 amide bonds. The summed E-state index contributed by atoms with van der Waals surface area (Å²) in [7, 11) is 0. The van der Waals surface area contributed by atoms with Crippen LogP contribution < -0.4 is 0 Å². The Balaban J connectivity index is 2.35. The molecule has 0 N–H and O–H groups in total. The Hall–Kier alpha value is -1.22. The van der Waals surface area contributed by atoms with E-state index in [2.05, 4.69) is 11.1 Å². The van der Waals surface area contributed by atoms with E-state index in [-0.39, 0.29) is 0 Å². The standard InChI is InChI=1S/C11H11NOS/c1-8-12-10-5-4-9(3-2-6-13)7-11(10)14-8/h4-7H,2-3H2,1H3. The molecule has 0 fully saturated rings. The van der Waals surface area contributed by atoms with Crippen molar-refractivity contribution in [2.75, 3.05) is 0 Å². The molecule has 0 aliphatic rings. The molecule has 0 spiro atoms. The summed E-state index contributed by atoms with van der Waals surface area (Å²) in [6, 6.07) is 6.20. The fraction of sp³-hybridized carbons (Fsp3) is 0.273. The number of thiazole rings is 1. The first kappa shape index (κ1) is 9.34. The quantitative estimate of drug-likeness (QED) is 0.721. The summed E-state index contributed by atoms with van der Waals surface area (Å²) < 4.78 is 1.21. The molecular formula is C11H11NOS. The van der Waals surface area contributed by atoms with Gasteiger partial charge in [-0.3, -0.25) is 0 Å². The van der Waals surface area contributed by atoms with Crippen LogP contribution in [0.25, 0.3) is 10.2 Å². The first-order valence-electron chi connectivity index (χ1n) is 4.59. The van der Waals surface area contributed by atoms with Gasteiger partial charge in [0.25, 0.3) is 0 Å². The van der Waals surface area contributed by atoms with E-state index in [1.54, 1.807) is 11.3 Å². The van der Waals surface area contributed by atoms with Crippen LogP contribution in [0.2, 0.25) is 0 Å². The van der Waals surface area contributed by atoms with Crippen LogP contribution in [-0.4, -0.2) is 11.3 Å². The molecule has 2 nitrogen and oxygen atoms in total. The van der Waals surface area contributed by atoms with Crippen LogP contribution in [0, 0.1) is 6.92 Å². The molecule has 72 valence electrons. The maximum atomic E-state index is 10.2. The van der Waals surface area contributed by atoms with Gasteiger partial charge in [-0.15, -0.1) is 11.3 Å². The SMILES string of the molecule is Cc1nc2ccc(CCC=O)cc2s1. The highest BCUT2D eigenvalue weighted by atomic mass is 32.1. The van der Waals surface area contributed by atoms with E-state index in [1.807, 2.05) is 19.1 Å². The third kappa shape index (κ3) is 1.82. The van der Waals surface area contributed by atoms with E-state index in [4.69, 9.17) is 0 Å². The Morgan fingerprint density at radius 2 is 2.36 bits per heavy atom. The molecule has 1 aromatic carbocycles. The molecule has 0 aliphatic heterocycles. The topological polar surface area (TPSA) is 30.0 Å². The van der Waals surface area contributed by atoms with Crippen LogP contribution >= 0.6 is 11.3 Å². The monoisotopic (exact) mass is 205 g/mol. The third-order valence-electron chi connectivity index (χ3n) is 2.11. The number of aldehydes is 1. The minimum absolute atomic E-state index is 0.600. The molecule has 2 aromatic rings. The Labute approximate surface area is 86.6 Å². The van der Waals surface area contributed by atoms with Crippen molar-refractivity contribution in [2.45, 2.75) is 19.8 Å². The molecule has 3 heteroatoms. The second kappa shape index (κ2) is 3.88. The minimum Gasteiger partial charge on any atom is -0.303 e. The number of aromatic nitrogens is 1. The zero-order chi connectivity index (χ0) is 9.97. The normalized spacial score (nSPS) is 10.6. The average Bonchev–Trinajstić information content (AvgIpc) is 2.54. The van der Waals surface area contributed by atoms with Crippen LogP contribution in [0.3, 0.4) is 0 Å². The van der Waals surface area contributed by atoms with Gasteiger partial charge in [-0.25, -0.2) is 4.98 Å². The van der Waals surface area contributed by atoms with Gasteiger partial charge in [-0.2, -0.15) is 0 Å². The molecule has 1 aromatic heterocycles. The minimum atomic E-state index is 0.600. The number of benzene rings is 1. The lowest BCUT2D eigenvalue weighted by Gasteiger charge is -1.96. The second-order valence-electron chi connectivity index (χ2n) is 3.24. The van der Waals surface area contributed by atoms with Gasteiger partial charge >= 0.3 is 0 Å². The maximum Gasteiger partial charge on any atom is 0.120 e. The van der Waals surface area contributed by atoms with E-state index in [0.29, 0.717) is 6.42 Å². The van der Waals surface area contributed by atoms with Crippen molar-refractivity contribution < 1.29 is 4.79 Å². The van der Waals surface area contributed by atoms with Crippen LogP contribution in [0.5, 0.6) is 0 Å². The molecule has 0 saturated heterocycles. The first-order valence-corrected chi connectivity index (χ1v) is 5.41. The Morgan fingerprint density at radius 1 is 1.50 bits per heavy atom. The van der Waals surface area contributed by atoms with Gasteiger partial charge in [0.2, 0.25) is 0 Å². The molecule has 0 saturated carbocycles. The van der Waals surface area contributed by atoms with Crippen LogP contribution in [-0.2, 0) is 11.2 Å². The first-order chi connectivity index (χ1) is 6.79. The maximum absolute atomic E-state index is 10.2. The molecule has 0 atom stereocenters. The van der Waals surface area contributed by atoms with Gasteiger partial charge < -0.3 is 4.79 Å². The summed E-state index contributed by atoms with van der Waals surface area (Å²) in [6.07, 6.45) is 2.39. The Kier molecular flexibility index (Phi) is 2.59. The van der Waals surface area contributed by atoms with Crippen LogP contribution in [0.15, 0.2) is 18.2 Å². The van der Waals surface area contributed by atoms with Crippen molar-refractivity contribution >= 4 is 27.8 Å². The van der Waals surface area contributed by atoms with E-state index in [9.17, 15) is 4.79 Å². The number of rotatable bonds is 3. The number of fused-ring (bicyclic) bond motifs is 1. The van der Waals surface area contributed by atoms with Gasteiger partial charge in [0, 0.05) is 6.42 Å². The predicted octanol–water partition coefficient (Wildman–Crippen LogP) is 2.74. The smallest absolute Gasteiger partial charge is 0.120 e. The summed E-state index contributed by atoms with van der Waals surface area (Å²) in [6.45, 7) is 2.01. The van der Waals surface area contributed by atoms with Gasteiger partial charge in [0.15, 0.2) is 0 Å². The van der Waals surface area contributed by atoms with Crippen LogP contribution in [0.1, 0.15) is 17.0 Å². The molecular weight excluding hydrogens is 194 g/mol. The Morgan fingerprint density at radius 3 is 3.14 bits per heavy atom. The lowest BCUT2D eigenvalue weighted by Crippen LogP contribution is -1.84. The fourth-order valence-corrected chi connectivity index (χ4v) is 2.36. The van der Waals surface area contributed by atoms with Crippen molar-refractivity contribution in [3.63, 3.8) is 0 Å². The highest BCUT2D eigenvalue weighted by Crippen LogP contribution is 2.22. The van der Waals surface area contributed by atoms with E-state index in [1.165, 1.54) is 10.3 Å². The highest BCUT2D eigenvalue weighted by Gasteiger charge is 2.01. The largest absolute Gasteiger partial charge is 0.303 e. The zero-order valence-electron chi connectivity index (χ0n) is 7.99. The average molecular weight is 205 g/mol. The number of carbonyl (C=O) groups excluding carboxylic acids is 1. The van der Waals surface area contributed by atoms with Gasteiger partial charge in [-0.1, -0.05) is 6.07 Å². The summed E-state index contributed by atoms with van der Waals surface area (Å²) in [5, 5.41) is 1.09. The van der Waals surface area contributed by atoms with Crippen molar-refractivity contribution in [3.05, 3.63) is 28.8 Å². The fourth-order valence-electron chi connectivity index (χ4n) is 1.47. The van der Waals surface area contributed by atoms with E-state index in [0.717, 1.165) is 23.2 Å². The van der Waals surface area contributed by atoms with Gasteiger partial charge in [0.1, 0.15) is 6.29 Å². The number of carbonyl (C=O) groups is 1. The molecule has 0 bridgehead atoms. The number of nitrogens with zero attached hydrogens (tertiary/aromatic N) is 1. The summed E-state index contributed by atoms with van der Waals surface area (Å²) in [5.74, 6) is 0. The lowest BCUT2D eigenvalue weighted by molar-refractivity contribution is -0.107. The summed E-state index contributed by atoms with van der Waals surface area (Å²) in [4.78, 5) is 14.6. The molecule has 0 aliphatic carbocycles. The van der Waals surface area contributed by atoms with Crippen LogP contribution in [0.4, 0.5) is 0 Å². The van der Waals surface area contributed by atoms with Crippen molar-refractivity contribution in [3.8, 4) is 0 Å². The third-order valence-corrected chi connectivity index (χ3v) is 3.04. The second-order valence-corrected chi connectivity index (χ2v) is 4.48. The van der Waals surface area contributed by atoms with E-state index >= 15 is 0 Å². The lowest BCUT2D eigenvalue weighted by atomic mass is 10.1. The molecule has 0 radical (unpaired) electrons. The van der Waals surface area contributed by atoms with Crippen molar-refractivity contribution in [1.29, 1.82) is 0 Å². The predicted molar refractivity (Wildman–Crippen MR) is 58.7 cm³/mol. The van der Waals surface area contributed by atoms with Gasteiger partial charge in [0.05, 0.1) is 15.2 Å². The summed E-state index contributed by atoms with van der Waals surface area (Å²) in [5.41, 5.74) is 2.27. The highest BCUT2D eigenvalue weighted by molar-refractivity contribution is 7.18. The van der Waals surface area contributed by atoms with Crippen molar-refractivity contribution in [1.82, 2.24) is 4.98 Å². The molecule has 1 heterocycles. The number of aryl methyl sites for hydroxylation is 2. The zero-order valence-corrected chi connectivity index (χ0v) is 8.80. The molecule has 14 heavy (non-hydrogen) atoms. The molecule has 2 rings (SSSR count). The van der Waals surface area contributed by atoms with E-state index < -0.39 is 0 Å². The Bertz CT molecular complexity index is 461. The number of hydrogen-bond acceptors (Lipinski definition) is 3. The van der Waals surface area contributed by atoms with Gasteiger partial charge in [-0.05, 0) is 31.0 Å². The molecule has 0 unspecified atom stereocenters. The van der Waals surface area contributed by atoms with Crippen molar-refractivity contribution in [2.24, 2.45) is 0 Å². The summed E-state index contributed by atoms with van der Waals surface area (Å²) >= 11 is 1.70.